The number of anilines is 2. The minimum Gasteiger partial charge on any atom is -0.360 e. The van der Waals surface area contributed by atoms with Crippen molar-refractivity contribution in [1.29, 1.82) is 0 Å². The molecule has 3 aromatic rings. The van der Waals surface area contributed by atoms with Gasteiger partial charge in [-0.25, -0.2) is 14.6 Å². The molecule has 0 saturated heterocycles. The lowest BCUT2D eigenvalue weighted by atomic mass is 10.1. The normalized spacial score (nSPS) is 11.6. The maximum Gasteiger partial charge on any atom is 0.224 e. The van der Waals surface area contributed by atoms with Crippen molar-refractivity contribution >= 4 is 31.2 Å². The Bertz CT molecular complexity index is 876. The average Bonchev–Trinajstić information content (AvgIpc) is 3.08. The van der Waals surface area contributed by atoms with Crippen molar-refractivity contribution in [3.63, 3.8) is 0 Å². The maximum atomic E-state index is 5.81. The van der Waals surface area contributed by atoms with Gasteiger partial charge in [0.15, 0.2) is 0 Å². The Morgan fingerprint density at radius 1 is 1.11 bits per heavy atom. The molecule has 142 valence electrons. The molecule has 2 heterocycles. The van der Waals surface area contributed by atoms with Crippen LogP contribution in [0, 0.1) is 0 Å². The number of hydrogen-bond acceptors (Lipinski definition) is 5. The predicted octanol–water partition coefficient (Wildman–Crippen LogP) is 5.05. The Hall–Kier alpha value is -2.22. The molecule has 1 aromatic carbocycles. The van der Waals surface area contributed by atoms with Gasteiger partial charge < -0.3 is 10.1 Å². The van der Waals surface area contributed by atoms with E-state index in [9.17, 15) is 0 Å². The number of ether oxygens (including phenoxy) is 1. The Kier molecular flexibility index (Phi) is 6.25. The molecule has 0 aliphatic heterocycles. The van der Waals surface area contributed by atoms with E-state index < -0.39 is 8.07 Å². The predicted molar refractivity (Wildman–Crippen MR) is 112 cm³/mol. The van der Waals surface area contributed by atoms with Gasteiger partial charge in [-0.05, 0) is 41.4 Å². The van der Waals surface area contributed by atoms with Gasteiger partial charge >= 0.3 is 0 Å². The number of halogens is 1. The topological polar surface area (TPSA) is 64.9 Å². The third kappa shape index (κ3) is 6.16. The molecule has 0 aliphatic rings. The van der Waals surface area contributed by atoms with Gasteiger partial charge in [0.25, 0.3) is 0 Å². The summed E-state index contributed by atoms with van der Waals surface area (Å²) < 4.78 is 7.57. The largest absolute Gasteiger partial charge is 0.360 e. The van der Waals surface area contributed by atoms with E-state index in [0.717, 1.165) is 29.5 Å². The van der Waals surface area contributed by atoms with E-state index in [1.807, 2.05) is 41.3 Å². The van der Waals surface area contributed by atoms with Crippen LogP contribution in [0.1, 0.15) is 0 Å². The van der Waals surface area contributed by atoms with Crippen LogP contribution in [0.2, 0.25) is 31.0 Å². The van der Waals surface area contributed by atoms with Crippen molar-refractivity contribution in [1.82, 2.24) is 19.7 Å². The molecule has 27 heavy (non-hydrogen) atoms. The van der Waals surface area contributed by atoms with Crippen LogP contribution in [0.3, 0.4) is 0 Å². The third-order valence-corrected chi connectivity index (χ3v) is 5.86. The van der Waals surface area contributed by atoms with Crippen LogP contribution in [0.5, 0.6) is 0 Å². The highest BCUT2D eigenvalue weighted by atomic mass is 35.5. The Morgan fingerprint density at radius 2 is 1.89 bits per heavy atom. The number of nitrogens with zero attached hydrogens (tertiary/aromatic N) is 4. The molecule has 3 rings (SSSR count). The van der Waals surface area contributed by atoms with Crippen LogP contribution in [-0.4, -0.2) is 34.4 Å². The summed E-state index contributed by atoms with van der Waals surface area (Å²) in [6.45, 7) is 8.32. The molecule has 0 aliphatic carbocycles. The quantitative estimate of drug-likeness (QED) is 0.325. The average molecular weight is 402 g/mol. The Morgan fingerprint density at radius 3 is 2.59 bits per heavy atom. The summed E-state index contributed by atoms with van der Waals surface area (Å²) in [7, 11) is -1.06. The molecule has 0 unspecified atom stereocenters. The van der Waals surface area contributed by atoms with Crippen LogP contribution in [-0.2, 0) is 11.5 Å². The summed E-state index contributed by atoms with van der Waals surface area (Å²) in [6, 6.07) is 11.0. The van der Waals surface area contributed by atoms with Crippen molar-refractivity contribution in [2.45, 2.75) is 32.4 Å². The van der Waals surface area contributed by atoms with Gasteiger partial charge in [0.05, 0.1) is 6.20 Å². The lowest BCUT2D eigenvalue weighted by molar-refractivity contribution is 0.0786. The number of hydrogen-bond donors (Lipinski definition) is 1. The molecule has 0 saturated carbocycles. The molecule has 2 aromatic heterocycles. The summed E-state index contributed by atoms with van der Waals surface area (Å²) in [6.07, 6.45) is 5.47. The fraction of sp³-hybridized carbons (Fsp3) is 0.316. The zero-order chi connectivity index (χ0) is 19.3. The van der Waals surface area contributed by atoms with Gasteiger partial charge in [-0.1, -0.05) is 31.8 Å². The highest BCUT2D eigenvalue weighted by Crippen LogP contribution is 2.22. The minimum atomic E-state index is -1.06. The second-order valence-corrected chi connectivity index (χ2v) is 13.5. The molecule has 0 spiro atoms. The Balaban J connectivity index is 1.56. The standard InChI is InChI=1S/C19H24ClN5OSi/c1-27(2,3)11-10-26-14-25-13-16(12-22-25)15-4-6-17(7-5-15)23-18-8-9-21-19(20)24-18/h4-9,12-13H,10-11,14H2,1-3H3,(H,21,23,24). The van der Waals surface area contributed by atoms with E-state index in [4.69, 9.17) is 16.3 Å². The van der Waals surface area contributed by atoms with Crippen LogP contribution < -0.4 is 5.32 Å². The fourth-order valence-electron chi connectivity index (χ4n) is 2.42. The van der Waals surface area contributed by atoms with Crippen LogP contribution in [0.25, 0.3) is 11.1 Å². The van der Waals surface area contributed by atoms with Crippen molar-refractivity contribution in [3.05, 3.63) is 54.2 Å². The second-order valence-electron chi connectivity index (χ2n) is 7.53. The highest BCUT2D eigenvalue weighted by Gasteiger charge is 2.12. The van der Waals surface area contributed by atoms with E-state index in [2.05, 4.69) is 40.0 Å². The molecule has 0 amide bonds. The number of rotatable bonds is 8. The van der Waals surface area contributed by atoms with Crippen molar-refractivity contribution < 1.29 is 4.74 Å². The monoisotopic (exact) mass is 401 g/mol. The SMILES string of the molecule is C[Si](C)(C)CCOCn1cc(-c2ccc(Nc3ccnc(Cl)n3)cc2)cn1. The second kappa shape index (κ2) is 8.64. The number of aromatic nitrogens is 4. The lowest BCUT2D eigenvalue weighted by Gasteiger charge is -2.15. The molecule has 0 bridgehead atoms. The molecule has 1 N–H and O–H groups in total. The number of nitrogens with one attached hydrogen (secondary N) is 1. The molecular weight excluding hydrogens is 378 g/mol. The van der Waals surface area contributed by atoms with Gasteiger partial charge in [-0.15, -0.1) is 0 Å². The first-order valence-corrected chi connectivity index (χ1v) is 12.9. The summed E-state index contributed by atoms with van der Waals surface area (Å²) in [5, 5.41) is 7.80. The molecule has 0 fully saturated rings. The molecule has 8 heteroatoms. The van der Waals surface area contributed by atoms with Gasteiger partial charge in [-0.2, -0.15) is 5.10 Å². The molecule has 0 radical (unpaired) electrons. The third-order valence-electron chi connectivity index (χ3n) is 3.97. The van der Waals surface area contributed by atoms with E-state index >= 15 is 0 Å². The van der Waals surface area contributed by atoms with E-state index in [-0.39, 0.29) is 5.28 Å². The van der Waals surface area contributed by atoms with Crippen molar-refractivity contribution in [3.8, 4) is 11.1 Å². The summed E-state index contributed by atoms with van der Waals surface area (Å²) in [4.78, 5) is 7.99. The first kappa shape index (κ1) is 19.5. The molecule has 0 atom stereocenters. The summed E-state index contributed by atoms with van der Waals surface area (Å²) in [5.74, 6) is 0.658. The van der Waals surface area contributed by atoms with E-state index in [1.54, 1.807) is 12.3 Å². The first-order chi connectivity index (χ1) is 12.9. The zero-order valence-electron chi connectivity index (χ0n) is 15.8. The number of benzene rings is 1. The van der Waals surface area contributed by atoms with Crippen molar-refractivity contribution in [2.24, 2.45) is 0 Å². The summed E-state index contributed by atoms with van der Waals surface area (Å²) in [5.41, 5.74) is 3.07. The van der Waals surface area contributed by atoms with Gasteiger partial charge in [0.2, 0.25) is 5.28 Å². The first-order valence-electron chi connectivity index (χ1n) is 8.85. The molecule has 6 nitrogen and oxygen atoms in total. The Labute approximate surface area is 165 Å². The summed E-state index contributed by atoms with van der Waals surface area (Å²) >= 11 is 5.81. The van der Waals surface area contributed by atoms with E-state index in [1.165, 1.54) is 0 Å². The molecular formula is C19H24ClN5OSi. The van der Waals surface area contributed by atoms with Crippen LogP contribution in [0.15, 0.2) is 48.9 Å². The van der Waals surface area contributed by atoms with Gasteiger partial charge in [-0.3, -0.25) is 0 Å². The maximum absolute atomic E-state index is 5.81. The van der Waals surface area contributed by atoms with Crippen molar-refractivity contribution in [2.75, 3.05) is 11.9 Å². The van der Waals surface area contributed by atoms with E-state index in [0.29, 0.717) is 12.5 Å². The highest BCUT2D eigenvalue weighted by molar-refractivity contribution is 6.76. The van der Waals surface area contributed by atoms with Gasteiger partial charge in [0.1, 0.15) is 12.5 Å². The van der Waals surface area contributed by atoms with Crippen LogP contribution in [0.4, 0.5) is 11.5 Å². The lowest BCUT2D eigenvalue weighted by Crippen LogP contribution is -2.22. The van der Waals surface area contributed by atoms with Gasteiger partial charge in [0, 0.05) is 38.3 Å². The fourth-order valence-corrected chi connectivity index (χ4v) is 3.32. The zero-order valence-corrected chi connectivity index (χ0v) is 17.6. The van der Waals surface area contributed by atoms with Crippen LogP contribution >= 0.6 is 11.6 Å². The minimum absolute atomic E-state index is 0.219. The smallest absolute Gasteiger partial charge is 0.224 e.